The summed E-state index contributed by atoms with van der Waals surface area (Å²) in [5, 5.41) is 8.24. The molecule has 0 saturated carbocycles. The quantitative estimate of drug-likeness (QED) is 0.868. The number of carbonyl (C=O) groups is 1. The van der Waals surface area contributed by atoms with Gasteiger partial charge < -0.3 is 10.6 Å². The van der Waals surface area contributed by atoms with E-state index in [0.29, 0.717) is 27.1 Å². The van der Waals surface area contributed by atoms with E-state index in [9.17, 15) is 4.79 Å². The molecule has 7 heteroatoms. The Morgan fingerprint density at radius 2 is 2.22 bits per heavy atom. The molecule has 2 bridgehead atoms. The first-order chi connectivity index (χ1) is 11.1. The van der Waals surface area contributed by atoms with Crippen LogP contribution in [0.4, 0.5) is 0 Å². The normalized spacial score (nSPS) is 25.7. The Hall–Kier alpha value is -1.14. The first kappa shape index (κ1) is 15.4. The highest BCUT2D eigenvalue weighted by Crippen LogP contribution is 2.34. The minimum atomic E-state index is -0.106. The highest BCUT2D eigenvalue weighted by molar-refractivity contribution is 7.17. The number of hydrogen-bond acceptors (Lipinski definition) is 4. The lowest BCUT2D eigenvalue weighted by molar-refractivity contribution is 0.0930. The molecule has 120 valence electrons. The van der Waals surface area contributed by atoms with Gasteiger partial charge in [-0.2, -0.15) is 0 Å². The van der Waals surface area contributed by atoms with E-state index in [2.05, 4.69) is 15.6 Å². The molecule has 2 aliphatic heterocycles. The standard InChI is InChI=1S/C16H15Cl2N3OS/c17-8-1-3-10(11(18)5-8)14-7-19-16(23-14)15(22)21-13-6-9-2-4-12(13)20-9/h1,3,5,7,9,12-13,20H,2,4,6H2,(H,21,22)/t9-,12+,13-/m1/s1. The summed E-state index contributed by atoms with van der Waals surface area (Å²) in [6.45, 7) is 0. The Labute approximate surface area is 148 Å². The number of rotatable bonds is 3. The van der Waals surface area contributed by atoms with Crippen LogP contribution in [-0.2, 0) is 0 Å². The minimum absolute atomic E-state index is 0.106. The van der Waals surface area contributed by atoms with E-state index < -0.39 is 0 Å². The second-order valence-electron chi connectivity index (χ2n) is 6.02. The molecule has 0 unspecified atom stereocenters. The number of hydrogen-bond donors (Lipinski definition) is 2. The van der Waals surface area contributed by atoms with Gasteiger partial charge >= 0.3 is 0 Å². The zero-order chi connectivity index (χ0) is 16.0. The fourth-order valence-corrected chi connectivity index (χ4v) is 4.83. The predicted molar refractivity (Wildman–Crippen MR) is 93.4 cm³/mol. The maximum atomic E-state index is 12.4. The summed E-state index contributed by atoms with van der Waals surface area (Å²) in [5.41, 5.74) is 0.842. The van der Waals surface area contributed by atoms with Crippen LogP contribution in [0.5, 0.6) is 0 Å². The number of fused-ring (bicyclic) bond motifs is 2. The van der Waals surface area contributed by atoms with Crippen LogP contribution in [-0.4, -0.2) is 29.0 Å². The van der Waals surface area contributed by atoms with Crippen LogP contribution in [0.3, 0.4) is 0 Å². The maximum Gasteiger partial charge on any atom is 0.280 e. The van der Waals surface area contributed by atoms with Crippen molar-refractivity contribution in [3.8, 4) is 10.4 Å². The Morgan fingerprint density at radius 3 is 2.91 bits per heavy atom. The number of halogens is 2. The van der Waals surface area contributed by atoms with Crippen molar-refractivity contribution in [1.29, 1.82) is 0 Å². The Balaban J connectivity index is 1.50. The molecular weight excluding hydrogens is 353 g/mol. The molecule has 23 heavy (non-hydrogen) atoms. The van der Waals surface area contributed by atoms with Crippen molar-refractivity contribution >= 4 is 40.4 Å². The molecule has 1 aromatic carbocycles. The predicted octanol–water partition coefficient (Wildman–Crippen LogP) is 3.74. The molecule has 2 fully saturated rings. The van der Waals surface area contributed by atoms with E-state index in [-0.39, 0.29) is 11.9 Å². The number of carbonyl (C=O) groups excluding carboxylic acids is 1. The summed E-state index contributed by atoms with van der Waals surface area (Å²) in [6.07, 6.45) is 5.05. The lowest BCUT2D eigenvalue weighted by Gasteiger charge is -2.20. The van der Waals surface area contributed by atoms with Crippen molar-refractivity contribution < 1.29 is 4.79 Å². The van der Waals surface area contributed by atoms with Crippen LogP contribution >= 0.6 is 34.5 Å². The van der Waals surface area contributed by atoms with Crippen molar-refractivity contribution in [2.75, 3.05) is 0 Å². The van der Waals surface area contributed by atoms with E-state index in [1.165, 1.54) is 17.8 Å². The lowest BCUT2D eigenvalue weighted by Crippen LogP contribution is -2.42. The average Bonchev–Trinajstić information content (AvgIpc) is 3.23. The molecule has 1 aromatic heterocycles. The molecule has 0 aliphatic carbocycles. The second-order valence-corrected chi connectivity index (χ2v) is 7.89. The van der Waals surface area contributed by atoms with Gasteiger partial charge in [-0.1, -0.05) is 29.3 Å². The van der Waals surface area contributed by atoms with Crippen LogP contribution in [0.1, 0.15) is 29.1 Å². The van der Waals surface area contributed by atoms with Crippen molar-refractivity contribution in [3.63, 3.8) is 0 Å². The highest BCUT2D eigenvalue weighted by Gasteiger charge is 2.39. The summed E-state index contributed by atoms with van der Waals surface area (Å²) in [6, 6.07) is 6.51. The molecule has 2 aliphatic rings. The van der Waals surface area contributed by atoms with E-state index in [4.69, 9.17) is 23.2 Å². The van der Waals surface area contributed by atoms with Gasteiger partial charge in [0.15, 0.2) is 5.01 Å². The second kappa shape index (κ2) is 6.06. The third-order valence-corrected chi connectivity index (χ3v) is 6.09. The third-order valence-electron chi connectivity index (χ3n) is 4.51. The molecule has 0 spiro atoms. The molecule has 2 aromatic rings. The van der Waals surface area contributed by atoms with Crippen molar-refractivity contribution in [2.24, 2.45) is 0 Å². The summed E-state index contributed by atoms with van der Waals surface area (Å²) in [4.78, 5) is 17.5. The molecule has 0 radical (unpaired) electrons. The van der Waals surface area contributed by atoms with Gasteiger partial charge in [0.1, 0.15) is 0 Å². The molecular formula is C16H15Cl2N3OS. The molecule has 4 nitrogen and oxygen atoms in total. The Bertz CT molecular complexity index is 764. The number of nitrogens with zero attached hydrogens (tertiary/aromatic N) is 1. The van der Waals surface area contributed by atoms with Gasteiger partial charge in [0.2, 0.25) is 0 Å². The Kier molecular flexibility index (Phi) is 4.05. The van der Waals surface area contributed by atoms with Crippen LogP contribution in [0.2, 0.25) is 10.0 Å². The van der Waals surface area contributed by atoms with Gasteiger partial charge in [0.05, 0.1) is 9.90 Å². The summed E-state index contributed by atoms with van der Waals surface area (Å²) >= 11 is 13.5. The van der Waals surface area contributed by atoms with Gasteiger partial charge in [0.25, 0.3) is 5.91 Å². The van der Waals surface area contributed by atoms with Crippen LogP contribution in [0.15, 0.2) is 24.4 Å². The number of amides is 1. The first-order valence-corrected chi connectivity index (χ1v) is 9.15. The zero-order valence-corrected chi connectivity index (χ0v) is 14.5. The van der Waals surface area contributed by atoms with Crippen molar-refractivity contribution in [1.82, 2.24) is 15.6 Å². The smallest absolute Gasteiger partial charge is 0.280 e. The number of benzene rings is 1. The largest absolute Gasteiger partial charge is 0.346 e. The fraction of sp³-hybridized carbons (Fsp3) is 0.375. The van der Waals surface area contributed by atoms with Gasteiger partial charge in [-0.15, -0.1) is 11.3 Å². The van der Waals surface area contributed by atoms with E-state index >= 15 is 0 Å². The van der Waals surface area contributed by atoms with Gasteiger partial charge in [0, 0.05) is 34.9 Å². The van der Waals surface area contributed by atoms with Gasteiger partial charge in [-0.25, -0.2) is 4.98 Å². The Morgan fingerprint density at radius 1 is 1.35 bits per heavy atom. The first-order valence-electron chi connectivity index (χ1n) is 7.58. The van der Waals surface area contributed by atoms with E-state index in [0.717, 1.165) is 23.3 Å². The molecule has 2 N–H and O–H groups in total. The molecule has 4 rings (SSSR count). The molecule has 3 heterocycles. The number of nitrogens with one attached hydrogen (secondary N) is 2. The monoisotopic (exact) mass is 367 g/mol. The van der Waals surface area contributed by atoms with Crippen LogP contribution in [0, 0.1) is 0 Å². The highest BCUT2D eigenvalue weighted by atomic mass is 35.5. The summed E-state index contributed by atoms with van der Waals surface area (Å²) in [7, 11) is 0. The van der Waals surface area contributed by atoms with E-state index in [1.807, 2.05) is 6.07 Å². The topological polar surface area (TPSA) is 54.0 Å². The van der Waals surface area contributed by atoms with Crippen molar-refractivity contribution in [3.05, 3.63) is 39.4 Å². The summed E-state index contributed by atoms with van der Waals surface area (Å²) in [5.74, 6) is -0.106. The minimum Gasteiger partial charge on any atom is -0.346 e. The van der Waals surface area contributed by atoms with Gasteiger partial charge in [-0.3, -0.25) is 4.79 Å². The molecule has 3 atom stereocenters. The van der Waals surface area contributed by atoms with Crippen LogP contribution in [0.25, 0.3) is 10.4 Å². The number of thiazole rings is 1. The fourth-order valence-electron chi connectivity index (χ4n) is 3.41. The van der Waals surface area contributed by atoms with Gasteiger partial charge in [-0.05, 0) is 31.4 Å². The SMILES string of the molecule is O=C(N[C@@H]1C[C@H]2CC[C@@H]1N2)c1ncc(-c2ccc(Cl)cc2Cl)s1. The molecule has 2 saturated heterocycles. The maximum absolute atomic E-state index is 12.4. The lowest BCUT2D eigenvalue weighted by atomic mass is 9.95. The third kappa shape index (κ3) is 2.98. The van der Waals surface area contributed by atoms with Crippen LogP contribution < -0.4 is 10.6 Å². The average molecular weight is 368 g/mol. The summed E-state index contributed by atoms with van der Waals surface area (Å²) < 4.78 is 0. The van der Waals surface area contributed by atoms with E-state index in [1.54, 1.807) is 18.3 Å². The zero-order valence-electron chi connectivity index (χ0n) is 12.2. The molecule has 1 amide bonds. The number of aromatic nitrogens is 1. The van der Waals surface area contributed by atoms with Crippen molar-refractivity contribution in [2.45, 2.75) is 37.4 Å².